The van der Waals surface area contributed by atoms with E-state index in [0.29, 0.717) is 6.54 Å². The van der Waals surface area contributed by atoms with Gasteiger partial charge in [-0.2, -0.15) is 5.10 Å². The summed E-state index contributed by atoms with van der Waals surface area (Å²) < 4.78 is 7.59. The highest BCUT2D eigenvalue weighted by Gasteiger charge is 2.25. The molecule has 1 saturated heterocycles. The number of guanidine groups is 1. The zero-order chi connectivity index (χ0) is 20.5. The Bertz CT molecular complexity index is 781. The SMILES string of the molecule is CCNC(=NCC(c1ccccc1OC)N1CCCC1)NCCn1cc(C)cn1. The van der Waals surface area contributed by atoms with Gasteiger partial charge in [0.15, 0.2) is 5.96 Å². The van der Waals surface area contributed by atoms with Crippen molar-refractivity contribution >= 4 is 5.96 Å². The average Bonchev–Trinajstić information content (AvgIpc) is 3.40. The Morgan fingerprint density at radius 3 is 2.72 bits per heavy atom. The molecule has 0 radical (unpaired) electrons. The molecule has 3 rings (SSSR count). The minimum Gasteiger partial charge on any atom is -0.496 e. The van der Waals surface area contributed by atoms with E-state index in [1.807, 2.05) is 23.0 Å². The second-order valence-corrected chi connectivity index (χ2v) is 7.43. The molecule has 0 aliphatic carbocycles. The zero-order valence-electron chi connectivity index (χ0n) is 17.9. The molecule has 1 aromatic carbocycles. The Labute approximate surface area is 174 Å². The van der Waals surface area contributed by atoms with Crippen LogP contribution in [0.1, 0.15) is 36.9 Å². The maximum absolute atomic E-state index is 5.64. The van der Waals surface area contributed by atoms with Crippen molar-refractivity contribution in [3.05, 3.63) is 47.8 Å². The molecular formula is C22H34N6O. The molecule has 2 N–H and O–H groups in total. The van der Waals surface area contributed by atoms with Gasteiger partial charge in [-0.05, 0) is 51.4 Å². The van der Waals surface area contributed by atoms with Crippen molar-refractivity contribution < 1.29 is 4.74 Å². The smallest absolute Gasteiger partial charge is 0.191 e. The molecule has 1 aromatic heterocycles. The summed E-state index contributed by atoms with van der Waals surface area (Å²) in [6.45, 7) is 9.47. The predicted molar refractivity (Wildman–Crippen MR) is 117 cm³/mol. The van der Waals surface area contributed by atoms with Gasteiger partial charge in [0.05, 0.1) is 32.4 Å². The third-order valence-electron chi connectivity index (χ3n) is 5.24. The molecule has 29 heavy (non-hydrogen) atoms. The van der Waals surface area contributed by atoms with Crippen molar-refractivity contribution in [3.63, 3.8) is 0 Å². The highest BCUT2D eigenvalue weighted by molar-refractivity contribution is 5.79. The molecule has 1 aliphatic heterocycles. The first kappa shape index (κ1) is 21.2. The van der Waals surface area contributed by atoms with Gasteiger partial charge in [0.25, 0.3) is 0 Å². The van der Waals surface area contributed by atoms with Crippen LogP contribution in [0.15, 0.2) is 41.7 Å². The number of hydrogen-bond acceptors (Lipinski definition) is 4. The molecule has 0 spiro atoms. The van der Waals surface area contributed by atoms with Gasteiger partial charge in [-0.3, -0.25) is 14.6 Å². The van der Waals surface area contributed by atoms with Crippen LogP contribution >= 0.6 is 0 Å². The van der Waals surface area contributed by atoms with Crippen molar-refractivity contribution in [2.75, 3.05) is 39.8 Å². The van der Waals surface area contributed by atoms with Gasteiger partial charge in [-0.15, -0.1) is 0 Å². The number of aromatic nitrogens is 2. The molecular weight excluding hydrogens is 364 g/mol. The quantitative estimate of drug-likeness (QED) is 0.502. The Hall–Kier alpha value is -2.54. The molecule has 7 heteroatoms. The summed E-state index contributed by atoms with van der Waals surface area (Å²) in [6.07, 6.45) is 6.43. The van der Waals surface area contributed by atoms with Crippen LogP contribution < -0.4 is 15.4 Å². The minimum absolute atomic E-state index is 0.220. The molecule has 7 nitrogen and oxygen atoms in total. The maximum atomic E-state index is 5.64. The summed E-state index contributed by atoms with van der Waals surface area (Å²) >= 11 is 0. The van der Waals surface area contributed by atoms with Crippen molar-refractivity contribution in [1.82, 2.24) is 25.3 Å². The van der Waals surface area contributed by atoms with Crippen LogP contribution in [0, 0.1) is 6.92 Å². The first-order chi connectivity index (χ1) is 14.2. The minimum atomic E-state index is 0.220. The van der Waals surface area contributed by atoms with E-state index in [4.69, 9.17) is 9.73 Å². The van der Waals surface area contributed by atoms with Gasteiger partial charge >= 0.3 is 0 Å². The fraction of sp³-hybridized carbons (Fsp3) is 0.545. The summed E-state index contributed by atoms with van der Waals surface area (Å²) in [5.41, 5.74) is 2.39. The van der Waals surface area contributed by atoms with Crippen LogP contribution in [-0.4, -0.2) is 60.5 Å². The van der Waals surface area contributed by atoms with E-state index in [1.54, 1.807) is 7.11 Å². The van der Waals surface area contributed by atoms with E-state index in [1.165, 1.54) is 24.0 Å². The lowest BCUT2D eigenvalue weighted by atomic mass is 10.0. The van der Waals surface area contributed by atoms with Crippen molar-refractivity contribution in [3.8, 4) is 5.75 Å². The lowest BCUT2D eigenvalue weighted by Gasteiger charge is -2.28. The molecule has 1 fully saturated rings. The third-order valence-corrected chi connectivity index (χ3v) is 5.24. The van der Waals surface area contributed by atoms with E-state index in [2.05, 4.69) is 52.8 Å². The molecule has 2 aromatic rings. The lowest BCUT2D eigenvalue weighted by molar-refractivity contribution is 0.245. The molecule has 158 valence electrons. The summed E-state index contributed by atoms with van der Waals surface area (Å²) in [5, 5.41) is 11.1. The number of aryl methyl sites for hydroxylation is 1. The van der Waals surface area contributed by atoms with Crippen LogP contribution in [0.25, 0.3) is 0 Å². The second-order valence-electron chi connectivity index (χ2n) is 7.43. The zero-order valence-corrected chi connectivity index (χ0v) is 17.9. The average molecular weight is 399 g/mol. The molecule has 2 heterocycles. The fourth-order valence-electron chi connectivity index (χ4n) is 3.80. The van der Waals surface area contributed by atoms with Gasteiger partial charge in [0.2, 0.25) is 0 Å². The van der Waals surface area contributed by atoms with Crippen LogP contribution in [0.2, 0.25) is 0 Å². The van der Waals surface area contributed by atoms with Gasteiger partial charge in [-0.1, -0.05) is 18.2 Å². The van der Waals surface area contributed by atoms with Gasteiger partial charge in [0.1, 0.15) is 5.75 Å². The number of methoxy groups -OCH3 is 1. The van der Waals surface area contributed by atoms with Crippen LogP contribution in [0.3, 0.4) is 0 Å². The second kappa shape index (κ2) is 10.9. The summed E-state index contributed by atoms with van der Waals surface area (Å²) in [7, 11) is 1.74. The Morgan fingerprint density at radius 2 is 2.03 bits per heavy atom. The maximum Gasteiger partial charge on any atom is 0.191 e. The summed E-state index contributed by atoms with van der Waals surface area (Å²) in [4.78, 5) is 7.44. The first-order valence-corrected chi connectivity index (χ1v) is 10.6. The van der Waals surface area contributed by atoms with E-state index in [0.717, 1.165) is 44.4 Å². The number of para-hydroxylation sites is 1. The predicted octanol–water partition coefficient (Wildman–Crippen LogP) is 2.59. The van der Waals surface area contributed by atoms with Crippen LogP contribution in [-0.2, 0) is 6.54 Å². The van der Waals surface area contributed by atoms with E-state index in [-0.39, 0.29) is 6.04 Å². The number of nitrogens with zero attached hydrogens (tertiary/aromatic N) is 4. The molecule has 0 saturated carbocycles. The van der Waals surface area contributed by atoms with E-state index >= 15 is 0 Å². The van der Waals surface area contributed by atoms with Gasteiger partial charge < -0.3 is 15.4 Å². The highest BCUT2D eigenvalue weighted by Crippen LogP contribution is 2.31. The topological polar surface area (TPSA) is 66.7 Å². The molecule has 1 atom stereocenters. The Morgan fingerprint density at radius 1 is 1.24 bits per heavy atom. The molecule has 0 amide bonds. The highest BCUT2D eigenvalue weighted by atomic mass is 16.5. The van der Waals surface area contributed by atoms with Crippen LogP contribution in [0.4, 0.5) is 0 Å². The number of rotatable bonds is 9. The Kier molecular flexibility index (Phi) is 7.93. The van der Waals surface area contributed by atoms with E-state index < -0.39 is 0 Å². The standard InChI is InChI=1S/C22H34N6O/c1-4-23-22(24-11-14-28-17-18(2)15-26-28)25-16-20(27-12-7-8-13-27)19-9-5-6-10-21(19)29-3/h5-6,9-10,15,17,20H,4,7-8,11-14,16H2,1-3H3,(H2,23,24,25). The van der Waals surface area contributed by atoms with Crippen LogP contribution in [0.5, 0.6) is 5.75 Å². The monoisotopic (exact) mass is 398 g/mol. The Balaban J connectivity index is 1.68. The number of ether oxygens (including phenoxy) is 1. The lowest BCUT2D eigenvalue weighted by Crippen LogP contribution is -2.39. The van der Waals surface area contributed by atoms with Crippen molar-refractivity contribution in [1.29, 1.82) is 0 Å². The molecule has 1 unspecified atom stereocenters. The molecule has 1 aliphatic rings. The number of likely N-dealkylation sites (tertiary alicyclic amines) is 1. The van der Waals surface area contributed by atoms with E-state index in [9.17, 15) is 0 Å². The number of benzene rings is 1. The van der Waals surface area contributed by atoms with Crippen molar-refractivity contribution in [2.24, 2.45) is 4.99 Å². The third kappa shape index (κ3) is 5.97. The van der Waals surface area contributed by atoms with Gasteiger partial charge in [-0.25, -0.2) is 0 Å². The summed E-state index contributed by atoms with van der Waals surface area (Å²) in [6, 6.07) is 8.53. The number of nitrogens with one attached hydrogen (secondary N) is 2. The molecule has 0 bridgehead atoms. The fourth-order valence-corrected chi connectivity index (χ4v) is 3.80. The summed E-state index contributed by atoms with van der Waals surface area (Å²) in [5.74, 6) is 1.78. The van der Waals surface area contributed by atoms with Gasteiger partial charge in [0, 0.05) is 24.8 Å². The van der Waals surface area contributed by atoms with Crippen molar-refractivity contribution in [2.45, 2.75) is 39.3 Å². The normalized spacial score (nSPS) is 16.0. The number of hydrogen-bond donors (Lipinski definition) is 2. The number of aliphatic imine (C=N–C) groups is 1. The largest absolute Gasteiger partial charge is 0.496 e. The first-order valence-electron chi connectivity index (χ1n) is 10.6.